The zero-order valence-electron chi connectivity index (χ0n) is 10.5. The van der Waals surface area contributed by atoms with Crippen molar-refractivity contribution >= 4 is 5.69 Å². The van der Waals surface area contributed by atoms with Gasteiger partial charge < -0.3 is 16.8 Å². The Morgan fingerprint density at radius 1 is 1.28 bits per heavy atom. The van der Waals surface area contributed by atoms with E-state index < -0.39 is 4.92 Å². The van der Waals surface area contributed by atoms with Crippen molar-refractivity contribution in [3.05, 3.63) is 39.9 Å². The maximum atomic E-state index is 10.5. The maximum absolute atomic E-state index is 10.5. The van der Waals surface area contributed by atoms with Crippen molar-refractivity contribution in [3.63, 3.8) is 0 Å². The van der Waals surface area contributed by atoms with Crippen LogP contribution in [-0.2, 0) is 6.42 Å². The van der Waals surface area contributed by atoms with E-state index in [1.807, 2.05) is 6.92 Å². The fourth-order valence-electron chi connectivity index (χ4n) is 1.72. The van der Waals surface area contributed by atoms with Crippen molar-refractivity contribution in [3.8, 4) is 0 Å². The lowest BCUT2D eigenvalue weighted by atomic mass is 10.0. The molecule has 1 aromatic carbocycles. The van der Waals surface area contributed by atoms with Gasteiger partial charge in [-0.3, -0.25) is 10.1 Å². The van der Waals surface area contributed by atoms with Gasteiger partial charge in [-0.15, -0.1) is 0 Å². The second kappa shape index (κ2) is 7.05. The minimum absolute atomic E-state index is 0.103. The van der Waals surface area contributed by atoms with Crippen LogP contribution >= 0.6 is 0 Å². The van der Waals surface area contributed by atoms with Crippen LogP contribution in [0.3, 0.4) is 0 Å². The second-order valence-electron chi connectivity index (χ2n) is 4.36. The molecular formula is C12H20N4O2. The van der Waals surface area contributed by atoms with E-state index >= 15 is 0 Å². The molecule has 0 aliphatic carbocycles. The molecule has 0 saturated carbocycles. The summed E-state index contributed by atoms with van der Waals surface area (Å²) in [5.41, 5.74) is 12.4. The van der Waals surface area contributed by atoms with Crippen LogP contribution in [0.4, 0.5) is 5.69 Å². The molecule has 1 rings (SSSR count). The first-order valence-electron chi connectivity index (χ1n) is 5.96. The number of rotatable bonds is 7. The standard InChI is InChI=1S/C12H20N4O2/c1-9(7-13)15-11(8-14)6-10-2-4-12(5-3-10)16(17)18/h2-5,9,11,15H,6-8,13-14H2,1H3. The molecule has 5 N–H and O–H groups in total. The average molecular weight is 252 g/mol. The van der Waals surface area contributed by atoms with Gasteiger partial charge in [0.2, 0.25) is 0 Å². The fourth-order valence-corrected chi connectivity index (χ4v) is 1.72. The molecule has 6 heteroatoms. The highest BCUT2D eigenvalue weighted by Crippen LogP contribution is 2.13. The smallest absolute Gasteiger partial charge is 0.269 e. The van der Waals surface area contributed by atoms with Crippen molar-refractivity contribution in [1.82, 2.24) is 5.32 Å². The molecule has 0 amide bonds. The third-order valence-corrected chi connectivity index (χ3v) is 2.79. The molecule has 0 radical (unpaired) electrons. The molecule has 100 valence electrons. The summed E-state index contributed by atoms with van der Waals surface area (Å²) in [4.78, 5) is 10.1. The van der Waals surface area contributed by atoms with Gasteiger partial charge in [0.15, 0.2) is 0 Å². The SMILES string of the molecule is CC(CN)NC(CN)Cc1ccc([N+](=O)[O-])cc1. The Morgan fingerprint density at radius 2 is 1.89 bits per heavy atom. The van der Waals surface area contributed by atoms with Gasteiger partial charge >= 0.3 is 0 Å². The topological polar surface area (TPSA) is 107 Å². The molecule has 2 atom stereocenters. The molecule has 0 fully saturated rings. The molecule has 1 aromatic rings. The zero-order valence-corrected chi connectivity index (χ0v) is 10.5. The first-order valence-corrected chi connectivity index (χ1v) is 5.96. The summed E-state index contributed by atoms with van der Waals surface area (Å²) >= 11 is 0. The summed E-state index contributed by atoms with van der Waals surface area (Å²) in [5, 5.41) is 13.9. The maximum Gasteiger partial charge on any atom is 0.269 e. The molecule has 0 aliphatic heterocycles. The number of non-ortho nitro benzene ring substituents is 1. The molecule has 0 heterocycles. The first-order chi connectivity index (χ1) is 8.56. The van der Waals surface area contributed by atoms with Gasteiger partial charge in [-0.25, -0.2) is 0 Å². The molecule has 2 unspecified atom stereocenters. The van der Waals surface area contributed by atoms with Crippen LogP contribution in [-0.4, -0.2) is 30.1 Å². The highest BCUT2D eigenvalue weighted by Gasteiger charge is 2.11. The van der Waals surface area contributed by atoms with Crippen LogP contribution in [0, 0.1) is 10.1 Å². The number of nitrogens with zero attached hydrogens (tertiary/aromatic N) is 1. The lowest BCUT2D eigenvalue weighted by Gasteiger charge is -2.21. The summed E-state index contributed by atoms with van der Waals surface area (Å²) in [6.07, 6.45) is 0.735. The van der Waals surface area contributed by atoms with Gasteiger partial charge in [-0.1, -0.05) is 12.1 Å². The normalized spacial score (nSPS) is 14.2. The van der Waals surface area contributed by atoms with Gasteiger partial charge in [0.25, 0.3) is 5.69 Å². The van der Waals surface area contributed by atoms with Gasteiger partial charge in [0.1, 0.15) is 0 Å². The Balaban J connectivity index is 2.61. The van der Waals surface area contributed by atoms with Crippen molar-refractivity contribution in [2.75, 3.05) is 13.1 Å². The second-order valence-corrected chi connectivity index (χ2v) is 4.36. The summed E-state index contributed by atoms with van der Waals surface area (Å²) in [6.45, 7) is 3.05. The van der Waals surface area contributed by atoms with Gasteiger partial charge in [-0.05, 0) is 18.9 Å². The van der Waals surface area contributed by atoms with E-state index in [2.05, 4.69) is 5.32 Å². The Morgan fingerprint density at radius 3 is 2.33 bits per heavy atom. The number of nitro groups is 1. The van der Waals surface area contributed by atoms with E-state index in [1.54, 1.807) is 12.1 Å². The van der Waals surface area contributed by atoms with E-state index in [-0.39, 0.29) is 17.8 Å². The van der Waals surface area contributed by atoms with Crippen molar-refractivity contribution in [2.45, 2.75) is 25.4 Å². The van der Waals surface area contributed by atoms with Crippen LogP contribution in [0.5, 0.6) is 0 Å². The van der Waals surface area contributed by atoms with Crippen LogP contribution in [0.1, 0.15) is 12.5 Å². The molecule has 0 spiro atoms. The Kier molecular flexibility index (Phi) is 5.70. The minimum atomic E-state index is -0.404. The average Bonchev–Trinajstić information content (AvgIpc) is 2.38. The van der Waals surface area contributed by atoms with E-state index in [9.17, 15) is 10.1 Å². The lowest BCUT2D eigenvalue weighted by Crippen LogP contribution is -2.45. The van der Waals surface area contributed by atoms with Gasteiger partial charge in [0, 0.05) is 37.3 Å². The minimum Gasteiger partial charge on any atom is -0.329 e. The Bertz CT molecular complexity index is 380. The molecule has 0 aliphatic rings. The number of hydrogen-bond acceptors (Lipinski definition) is 5. The Hall–Kier alpha value is -1.50. The highest BCUT2D eigenvalue weighted by atomic mass is 16.6. The van der Waals surface area contributed by atoms with Crippen LogP contribution in [0.25, 0.3) is 0 Å². The number of nitro benzene ring substituents is 1. The zero-order chi connectivity index (χ0) is 13.5. The number of nitrogens with two attached hydrogens (primary N) is 2. The van der Waals surface area contributed by atoms with Crippen molar-refractivity contribution in [1.29, 1.82) is 0 Å². The Labute approximate surface area is 107 Å². The summed E-state index contributed by atoms with van der Waals surface area (Å²) in [7, 11) is 0. The van der Waals surface area contributed by atoms with E-state index in [1.165, 1.54) is 12.1 Å². The van der Waals surface area contributed by atoms with Crippen LogP contribution < -0.4 is 16.8 Å². The number of benzene rings is 1. The molecule has 0 saturated heterocycles. The van der Waals surface area contributed by atoms with E-state index in [0.717, 1.165) is 12.0 Å². The summed E-state index contributed by atoms with van der Waals surface area (Å²) in [6, 6.07) is 6.87. The first kappa shape index (κ1) is 14.6. The molecule has 18 heavy (non-hydrogen) atoms. The van der Waals surface area contributed by atoms with E-state index in [0.29, 0.717) is 13.1 Å². The third kappa shape index (κ3) is 4.40. The molecule has 6 nitrogen and oxygen atoms in total. The largest absolute Gasteiger partial charge is 0.329 e. The quantitative estimate of drug-likeness (QED) is 0.481. The molecule has 0 bridgehead atoms. The predicted molar refractivity (Wildman–Crippen MR) is 71.3 cm³/mol. The highest BCUT2D eigenvalue weighted by molar-refractivity contribution is 5.33. The van der Waals surface area contributed by atoms with E-state index in [4.69, 9.17) is 11.5 Å². The fraction of sp³-hybridized carbons (Fsp3) is 0.500. The number of nitrogens with one attached hydrogen (secondary N) is 1. The third-order valence-electron chi connectivity index (χ3n) is 2.79. The van der Waals surface area contributed by atoms with Crippen LogP contribution in [0.15, 0.2) is 24.3 Å². The molecular weight excluding hydrogens is 232 g/mol. The van der Waals surface area contributed by atoms with Gasteiger partial charge in [0.05, 0.1) is 4.92 Å². The summed E-state index contributed by atoms with van der Waals surface area (Å²) in [5.74, 6) is 0. The van der Waals surface area contributed by atoms with Gasteiger partial charge in [-0.2, -0.15) is 0 Å². The predicted octanol–water partition coefficient (Wildman–Crippen LogP) is 0.401. The number of hydrogen-bond donors (Lipinski definition) is 3. The van der Waals surface area contributed by atoms with Crippen molar-refractivity contribution < 1.29 is 4.92 Å². The molecule has 0 aromatic heterocycles. The monoisotopic (exact) mass is 252 g/mol. The lowest BCUT2D eigenvalue weighted by molar-refractivity contribution is -0.384. The summed E-state index contributed by atoms with van der Waals surface area (Å²) < 4.78 is 0. The van der Waals surface area contributed by atoms with Crippen LogP contribution in [0.2, 0.25) is 0 Å². The van der Waals surface area contributed by atoms with Crippen molar-refractivity contribution in [2.24, 2.45) is 11.5 Å².